The molecule has 1 fully saturated rings. The van der Waals surface area contributed by atoms with E-state index in [1.54, 1.807) is 12.3 Å². The lowest BCUT2D eigenvalue weighted by Crippen LogP contribution is -2.39. The van der Waals surface area contributed by atoms with Gasteiger partial charge in [0, 0.05) is 30.4 Å². The normalized spacial score (nSPS) is 16.7. The van der Waals surface area contributed by atoms with Crippen LogP contribution in [0.2, 0.25) is 0 Å². The van der Waals surface area contributed by atoms with Crippen LogP contribution < -0.4 is 0 Å². The van der Waals surface area contributed by atoms with Crippen molar-refractivity contribution in [1.29, 1.82) is 0 Å². The Morgan fingerprint density at radius 1 is 1.26 bits per heavy atom. The minimum absolute atomic E-state index is 0.0603. The Labute approximate surface area is 179 Å². The lowest BCUT2D eigenvalue weighted by molar-refractivity contribution is 0.0692. The first-order valence-electron chi connectivity index (χ1n) is 10.6. The molecule has 5 rings (SSSR count). The summed E-state index contributed by atoms with van der Waals surface area (Å²) in [5.74, 6) is 1.23. The number of oxazole rings is 1. The van der Waals surface area contributed by atoms with E-state index in [-0.39, 0.29) is 17.6 Å². The van der Waals surface area contributed by atoms with Crippen LogP contribution in [0.5, 0.6) is 0 Å². The van der Waals surface area contributed by atoms with Crippen molar-refractivity contribution < 1.29 is 13.6 Å². The van der Waals surface area contributed by atoms with Gasteiger partial charge < -0.3 is 14.3 Å². The minimum atomic E-state index is -0.304. The first-order valence-corrected chi connectivity index (χ1v) is 10.6. The Morgan fingerprint density at radius 3 is 2.94 bits per heavy atom. The van der Waals surface area contributed by atoms with Crippen molar-refractivity contribution in [1.82, 2.24) is 14.9 Å². The van der Waals surface area contributed by atoms with Crippen molar-refractivity contribution in [2.24, 2.45) is 0 Å². The Hall–Kier alpha value is -3.41. The maximum absolute atomic E-state index is 13.6. The Morgan fingerprint density at radius 2 is 2.10 bits per heavy atom. The summed E-state index contributed by atoms with van der Waals surface area (Å²) < 4.78 is 19.7. The third-order valence-corrected chi connectivity index (χ3v) is 6.08. The zero-order chi connectivity index (χ0) is 21.4. The first kappa shape index (κ1) is 19.5. The van der Waals surface area contributed by atoms with E-state index in [0.717, 1.165) is 35.1 Å². The fourth-order valence-corrected chi connectivity index (χ4v) is 4.42. The van der Waals surface area contributed by atoms with Gasteiger partial charge in [-0.3, -0.25) is 4.79 Å². The number of rotatable bonds is 4. The number of fused-ring (bicyclic) bond motifs is 1. The van der Waals surface area contributed by atoms with Crippen LogP contribution in [-0.2, 0) is 6.42 Å². The van der Waals surface area contributed by atoms with Crippen molar-refractivity contribution in [2.75, 3.05) is 13.1 Å². The van der Waals surface area contributed by atoms with Crippen LogP contribution in [0, 0.1) is 12.7 Å². The fourth-order valence-electron chi connectivity index (χ4n) is 4.42. The highest BCUT2D eigenvalue weighted by molar-refractivity contribution is 6.01. The average Bonchev–Trinajstić information content (AvgIpc) is 3.39. The summed E-state index contributed by atoms with van der Waals surface area (Å²) in [5, 5.41) is 0.746. The van der Waals surface area contributed by atoms with E-state index < -0.39 is 0 Å². The zero-order valence-electron chi connectivity index (χ0n) is 17.4. The molecule has 4 aromatic rings. The van der Waals surface area contributed by atoms with E-state index in [1.807, 2.05) is 30.0 Å². The number of aryl methyl sites for hydroxylation is 1. The summed E-state index contributed by atoms with van der Waals surface area (Å²) in [5.41, 5.74) is 3.26. The number of carbonyl (C=O) groups excluding carboxylic acids is 1. The smallest absolute Gasteiger partial charge is 0.270 e. The summed E-state index contributed by atoms with van der Waals surface area (Å²) in [6, 6.07) is 14.7. The zero-order valence-corrected chi connectivity index (χ0v) is 17.4. The molecule has 5 nitrogen and oxygen atoms in total. The van der Waals surface area contributed by atoms with Gasteiger partial charge in [-0.2, -0.15) is 0 Å². The number of aromatic amines is 1. The maximum atomic E-state index is 13.6. The summed E-state index contributed by atoms with van der Waals surface area (Å²) in [6.45, 7) is 3.11. The molecule has 1 aliphatic heterocycles. The predicted octanol–water partition coefficient (Wildman–Crippen LogP) is 5.21. The molecule has 1 saturated heterocycles. The number of hydrogen-bond acceptors (Lipinski definition) is 3. The number of nitrogens with one attached hydrogen (secondary N) is 1. The van der Waals surface area contributed by atoms with Crippen LogP contribution in [0.3, 0.4) is 0 Å². The van der Waals surface area contributed by atoms with Crippen LogP contribution in [0.1, 0.15) is 52.0 Å². The SMILES string of the molecule is Cc1c(C(=O)N2CCCC(c3ncc(Cc4ccccc4)o3)C2)[nH]c2ccc(F)cc12. The highest BCUT2D eigenvalue weighted by Crippen LogP contribution is 2.30. The second kappa shape index (κ2) is 8.02. The molecule has 6 heteroatoms. The lowest BCUT2D eigenvalue weighted by Gasteiger charge is -2.31. The lowest BCUT2D eigenvalue weighted by atomic mass is 9.97. The van der Waals surface area contributed by atoms with Gasteiger partial charge in [0.1, 0.15) is 17.3 Å². The van der Waals surface area contributed by atoms with Gasteiger partial charge in [-0.1, -0.05) is 30.3 Å². The van der Waals surface area contributed by atoms with E-state index in [9.17, 15) is 9.18 Å². The van der Waals surface area contributed by atoms with Gasteiger partial charge in [0.2, 0.25) is 0 Å². The van der Waals surface area contributed by atoms with Crippen LogP contribution in [0.4, 0.5) is 4.39 Å². The molecule has 0 radical (unpaired) electrons. The molecular weight excluding hydrogens is 393 g/mol. The van der Waals surface area contributed by atoms with Crippen molar-refractivity contribution in [3.8, 4) is 0 Å². The number of piperidine rings is 1. The summed E-state index contributed by atoms with van der Waals surface area (Å²) in [4.78, 5) is 22.8. The Balaban J connectivity index is 1.33. The van der Waals surface area contributed by atoms with Gasteiger partial charge in [-0.05, 0) is 49.1 Å². The highest BCUT2D eigenvalue weighted by Gasteiger charge is 2.30. The molecule has 1 aliphatic rings. The molecule has 0 spiro atoms. The molecule has 1 unspecified atom stereocenters. The third-order valence-electron chi connectivity index (χ3n) is 6.08. The number of hydrogen-bond donors (Lipinski definition) is 1. The fraction of sp³-hybridized carbons (Fsp3) is 0.280. The molecule has 1 N–H and O–H groups in total. The van der Waals surface area contributed by atoms with E-state index in [2.05, 4.69) is 22.1 Å². The monoisotopic (exact) mass is 417 g/mol. The molecular formula is C25H24FN3O2. The van der Waals surface area contributed by atoms with Gasteiger partial charge in [0.15, 0.2) is 5.89 Å². The molecule has 0 bridgehead atoms. The maximum Gasteiger partial charge on any atom is 0.270 e. The molecule has 1 atom stereocenters. The van der Waals surface area contributed by atoms with E-state index in [0.29, 0.717) is 31.1 Å². The summed E-state index contributed by atoms with van der Waals surface area (Å²) in [7, 11) is 0. The van der Waals surface area contributed by atoms with Crippen molar-refractivity contribution in [3.63, 3.8) is 0 Å². The second-order valence-corrected chi connectivity index (χ2v) is 8.23. The van der Waals surface area contributed by atoms with E-state index in [4.69, 9.17) is 4.42 Å². The van der Waals surface area contributed by atoms with Crippen LogP contribution in [0.15, 0.2) is 59.1 Å². The van der Waals surface area contributed by atoms with Gasteiger partial charge in [-0.15, -0.1) is 0 Å². The van der Waals surface area contributed by atoms with Gasteiger partial charge in [0.05, 0.1) is 12.1 Å². The third kappa shape index (κ3) is 3.85. The number of benzene rings is 2. The summed E-state index contributed by atoms with van der Waals surface area (Å²) >= 11 is 0. The summed E-state index contributed by atoms with van der Waals surface area (Å²) in [6.07, 6.45) is 4.32. The molecule has 3 heterocycles. The van der Waals surface area contributed by atoms with E-state index >= 15 is 0 Å². The number of nitrogens with zero attached hydrogens (tertiary/aromatic N) is 2. The predicted molar refractivity (Wildman–Crippen MR) is 117 cm³/mol. The quantitative estimate of drug-likeness (QED) is 0.496. The first-order chi connectivity index (χ1) is 15.1. The highest BCUT2D eigenvalue weighted by atomic mass is 19.1. The molecule has 1 amide bonds. The molecule has 2 aromatic carbocycles. The molecule has 0 aliphatic carbocycles. The van der Waals surface area contributed by atoms with Crippen molar-refractivity contribution in [2.45, 2.75) is 32.1 Å². The van der Waals surface area contributed by atoms with Crippen molar-refractivity contribution >= 4 is 16.8 Å². The standard InChI is InChI=1S/C25H24FN3O2/c1-16-21-13-19(26)9-10-22(21)28-23(16)25(30)29-11-5-8-18(15-29)24-27-14-20(31-24)12-17-6-3-2-4-7-17/h2-4,6-7,9-10,13-14,18,28H,5,8,11-12,15H2,1H3. The van der Waals surface area contributed by atoms with Crippen LogP contribution >= 0.6 is 0 Å². The van der Waals surface area contributed by atoms with Crippen LogP contribution in [0.25, 0.3) is 10.9 Å². The van der Waals surface area contributed by atoms with E-state index in [1.165, 1.54) is 17.7 Å². The molecule has 2 aromatic heterocycles. The number of amides is 1. The van der Waals surface area contributed by atoms with Crippen molar-refractivity contribution in [3.05, 3.63) is 89.0 Å². The minimum Gasteiger partial charge on any atom is -0.445 e. The number of H-pyrrole nitrogens is 1. The Kier molecular flexibility index (Phi) is 5.06. The molecule has 158 valence electrons. The second-order valence-electron chi connectivity index (χ2n) is 8.23. The van der Waals surface area contributed by atoms with Gasteiger partial charge >= 0.3 is 0 Å². The Bertz CT molecular complexity index is 1230. The van der Waals surface area contributed by atoms with Gasteiger partial charge in [-0.25, -0.2) is 9.37 Å². The number of likely N-dealkylation sites (tertiary alicyclic amines) is 1. The largest absolute Gasteiger partial charge is 0.445 e. The average molecular weight is 417 g/mol. The molecule has 0 saturated carbocycles. The van der Waals surface area contributed by atoms with Gasteiger partial charge in [0.25, 0.3) is 5.91 Å². The number of halogens is 1. The molecule has 31 heavy (non-hydrogen) atoms. The van der Waals surface area contributed by atoms with Crippen LogP contribution in [-0.4, -0.2) is 33.9 Å². The number of aromatic nitrogens is 2. The number of carbonyl (C=O) groups is 1. The topological polar surface area (TPSA) is 62.1 Å².